The molecule has 0 aliphatic rings. The van der Waals surface area contributed by atoms with Gasteiger partial charge in [0.1, 0.15) is 5.75 Å². The summed E-state index contributed by atoms with van der Waals surface area (Å²) < 4.78 is 5.55. The molecule has 3 aromatic carbocycles. The molecule has 0 saturated carbocycles. The van der Waals surface area contributed by atoms with E-state index in [2.05, 4.69) is 12.2 Å². The first-order valence-corrected chi connectivity index (χ1v) is 8.46. The van der Waals surface area contributed by atoms with Crippen molar-refractivity contribution in [3.05, 3.63) is 78.4 Å². The summed E-state index contributed by atoms with van der Waals surface area (Å²) >= 11 is 0. The van der Waals surface area contributed by atoms with E-state index < -0.39 is 0 Å². The molecular weight excluding hydrogens is 310 g/mol. The highest BCUT2D eigenvalue weighted by molar-refractivity contribution is 6.07. The van der Waals surface area contributed by atoms with Crippen molar-refractivity contribution in [3.63, 3.8) is 0 Å². The summed E-state index contributed by atoms with van der Waals surface area (Å²) in [6, 6.07) is 21.6. The van der Waals surface area contributed by atoms with Crippen LogP contribution in [0.25, 0.3) is 16.8 Å². The number of anilines is 1. The summed E-state index contributed by atoms with van der Waals surface area (Å²) in [6.45, 7) is 2.79. The number of rotatable bonds is 6. The topological polar surface area (TPSA) is 38.3 Å². The summed E-state index contributed by atoms with van der Waals surface area (Å²) in [5.41, 5.74) is 1.77. The van der Waals surface area contributed by atoms with Gasteiger partial charge in [0.25, 0.3) is 0 Å². The van der Waals surface area contributed by atoms with E-state index in [9.17, 15) is 4.79 Å². The Hall–Kier alpha value is -3.07. The Bertz CT molecular complexity index is 877. The summed E-state index contributed by atoms with van der Waals surface area (Å²) in [4.78, 5) is 12.2. The maximum Gasteiger partial charge on any atom is 0.248 e. The zero-order chi connectivity index (χ0) is 17.5. The van der Waals surface area contributed by atoms with Gasteiger partial charge in [0.05, 0.1) is 6.61 Å². The van der Waals surface area contributed by atoms with E-state index >= 15 is 0 Å². The first-order chi connectivity index (χ1) is 12.3. The van der Waals surface area contributed by atoms with Crippen LogP contribution in [0.5, 0.6) is 5.75 Å². The molecule has 0 heterocycles. The summed E-state index contributed by atoms with van der Waals surface area (Å²) in [6.07, 6.45) is 4.32. The molecule has 3 aromatic rings. The van der Waals surface area contributed by atoms with Crippen LogP contribution in [0.1, 0.15) is 18.9 Å². The lowest BCUT2D eigenvalue weighted by molar-refractivity contribution is -0.111. The van der Waals surface area contributed by atoms with Crippen LogP contribution < -0.4 is 10.1 Å². The number of benzene rings is 3. The second kappa shape index (κ2) is 8.15. The molecule has 0 fully saturated rings. The van der Waals surface area contributed by atoms with Crippen LogP contribution in [-0.4, -0.2) is 12.5 Å². The monoisotopic (exact) mass is 331 g/mol. The van der Waals surface area contributed by atoms with Gasteiger partial charge in [-0.15, -0.1) is 0 Å². The number of carbonyl (C=O) groups is 1. The van der Waals surface area contributed by atoms with Crippen molar-refractivity contribution in [1.29, 1.82) is 0 Å². The minimum atomic E-state index is -0.150. The molecule has 1 N–H and O–H groups in total. The van der Waals surface area contributed by atoms with Crippen LogP contribution in [0.4, 0.5) is 5.69 Å². The third-order valence-corrected chi connectivity index (χ3v) is 3.83. The third-order valence-electron chi connectivity index (χ3n) is 3.83. The van der Waals surface area contributed by atoms with E-state index in [1.165, 1.54) is 0 Å². The zero-order valence-electron chi connectivity index (χ0n) is 14.2. The van der Waals surface area contributed by atoms with Crippen LogP contribution in [0.2, 0.25) is 0 Å². The van der Waals surface area contributed by atoms with Crippen molar-refractivity contribution in [2.24, 2.45) is 0 Å². The molecule has 1 amide bonds. The molecule has 0 aromatic heterocycles. The first kappa shape index (κ1) is 16.8. The number of fused-ring (bicyclic) bond motifs is 1. The van der Waals surface area contributed by atoms with Gasteiger partial charge >= 0.3 is 0 Å². The van der Waals surface area contributed by atoms with E-state index in [-0.39, 0.29) is 5.91 Å². The third kappa shape index (κ3) is 4.48. The summed E-state index contributed by atoms with van der Waals surface area (Å²) in [5.74, 6) is 0.696. The quantitative estimate of drug-likeness (QED) is 0.624. The molecule has 25 heavy (non-hydrogen) atoms. The molecule has 3 nitrogen and oxygen atoms in total. The van der Waals surface area contributed by atoms with Crippen LogP contribution in [0.15, 0.2) is 72.8 Å². The molecule has 0 atom stereocenters. The van der Waals surface area contributed by atoms with E-state index in [4.69, 9.17) is 4.74 Å². The summed E-state index contributed by atoms with van der Waals surface area (Å²) in [7, 11) is 0. The highest BCUT2D eigenvalue weighted by atomic mass is 16.5. The van der Waals surface area contributed by atoms with Crippen LogP contribution in [0, 0.1) is 0 Å². The smallest absolute Gasteiger partial charge is 0.248 e. The Morgan fingerprint density at radius 2 is 1.76 bits per heavy atom. The fourth-order valence-corrected chi connectivity index (χ4v) is 2.58. The van der Waals surface area contributed by atoms with E-state index in [0.717, 1.165) is 34.2 Å². The Morgan fingerprint density at radius 3 is 2.56 bits per heavy atom. The fourth-order valence-electron chi connectivity index (χ4n) is 2.58. The summed E-state index contributed by atoms with van der Waals surface area (Å²) in [5, 5.41) is 5.08. The molecule has 3 rings (SSSR count). The fraction of sp³-hybridized carbons (Fsp3) is 0.136. The van der Waals surface area contributed by atoms with Gasteiger partial charge in [-0.05, 0) is 41.6 Å². The van der Waals surface area contributed by atoms with E-state index in [1.54, 1.807) is 12.2 Å². The van der Waals surface area contributed by atoms with Crippen molar-refractivity contribution in [3.8, 4) is 5.75 Å². The number of carbonyl (C=O) groups excluding carboxylic acids is 1. The predicted molar refractivity (Wildman–Crippen MR) is 104 cm³/mol. The standard InChI is InChI=1S/C22H21NO2/c1-2-16-25-19-13-10-17(11-14-19)12-15-22(24)23-21-9-5-7-18-6-3-4-8-20(18)21/h3-15H,2,16H2,1H3,(H,23,24). The van der Waals surface area contributed by atoms with E-state index in [1.807, 2.05) is 66.7 Å². The van der Waals surface area contributed by atoms with Crippen molar-refractivity contribution < 1.29 is 9.53 Å². The molecule has 0 spiro atoms. The average molecular weight is 331 g/mol. The van der Waals surface area contributed by atoms with Crippen molar-refractivity contribution >= 4 is 28.4 Å². The molecule has 0 radical (unpaired) electrons. The van der Waals surface area contributed by atoms with Crippen LogP contribution >= 0.6 is 0 Å². The molecule has 0 aliphatic heterocycles. The minimum absolute atomic E-state index is 0.150. The second-order valence-corrected chi connectivity index (χ2v) is 5.77. The number of amides is 1. The lowest BCUT2D eigenvalue weighted by atomic mass is 10.1. The highest BCUT2D eigenvalue weighted by Crippen LogP contribution is 2.23. The maximum atomic E-state index is 12.2. The molecule has 126 valence electrons. The van der Waals surface area contributed by atoms with Crippen molar-refractivity contribution in [2.45, 2.75) is 13.3 Å². The van der Waals surface area contributed by atoms with Gasteiger partial charge in [0.15, 0.2) is 0 Å². The average Bonchev–Trinajstić information content (AvgIpc) is 2.66. The zero-order valence-corrected chi connectivity index (χ0v) is 14.2. The SMILES string of the molecule is CCCOc1ccc(C=CC(=O)Nc2cccc3ccccc23)cc1. The van der Waals surface area contributed by atoms with Gasteiger partial charge in [-0.25, -0.2) is 0 Å². The van der Waals surface area contributed by atoms with Gasteiger partial charge in [-0.3, -0.25) is 4.79 Å². The number of ether oxygens (including phenoxy) is 1. The molecule has 0 aliphatic carbocycles. The van der Waals surface area contributed by atoms with Crippen molar-refractivity contribution in [2.75, 3.05) is 11.9 Å². The Labute approximate surface area is 147 Å². The van der Waals surface area contributed by atoms with Crippen molar-refractivity contribution in [1.82, 2.24) is 0 Å². The van der Waals surface area contributed by atoms with Crippen LogP contribution in [0.3, 0.4) is 0 Å². The molecule has 3 heteroatoms. The van der Waals surface area contributed by atoms with Gasteiger partial charge in [0.2, 0.25) is 5.91 Å². The molecule has 0 bridgehead atoms. The Balaban J connectivity index is 1.66. The number of hydrogen-bond acceptors (Lipinski definition) is 2. The Kier molecular flexibility index (Phi) is 5.47. The largest absolute Gasteiger partial charge is 0.494 e. The van der Waals surface area contributed by atoms with Gasteiger partial charge < -0.3 is 10.1 Å². The lowest BCUT2D eigenvalue weighted by Gasteiger charge is -2.07. The number of nitrogens with one attached hydrogen (secondary N) is 1. The van der Waals surface area contributed by atoms with Gasteiger partial charge in [-0.2, -0.15) is 0 Å². The van der Waals surface area contributed by atoms with E-state index in [0.29, 0.717) is 6.61 Å². The normalized spacial score (nSPS) is 10.9. The van der Waals surface area contributed by atoms with Crippen LogP contribution in [-0.2, 0) is 4.79 Å². The minimum Gasteiger partial charge on any atom is -0.494 e. The molecule has 0 saturated heterocycles. The van der Waals surface area contributed by atoms with Gasteiger partial charge in [-0.1, -0.05) is 55.5 Å². The van der Waals surface area contributed by atoms with Gasteiger partial charge in [0, 0.05) is 17.1 Å². The molecule has 0 unspecified atom stereocenters. The Morgan fingerprint density at radius 1 is 1.00 bits per heavy atom. The first-order valence-electron chi connectivity index (χ1n) is 8.46. The predicted octanol–water partition coefficient (Wildman–Crippen LogP) is 5.28. The highest BCUT2D eigenvalue weighted by Gasteiger charge is 2.02. The number of hydrogen-bond donors (Lipinski definition) is 1. The molecular formula is C22H21NO2. The lowest BCUT2D eigenvalue weighted by Crippen LogP contribution is -2.07. The maximum absolute atomic E-state index is 12.2. The second-order valence-electron chi connectivity index (χ2n) is 5.77.